The summed E-state index contributed by atoms with van der Waals surface area (Å²) in [5.41, 5.74) is 3.70. The van der Waals surface area contributed by atoms with Crippen LogP contribution in [0.5, 0.6) is 0 Å². The lowest BCUT2D eigenvalue weighted by atomic mass is 9.51. The highest BCUT2D eigenvalue weighted by molar-refractivity contribution is 5.26. The first-order valence-electron chi connectivity index (χ1n) is 21.2. The van der Waals surface area contributed by atoms with E-state index in [-0.39, 0.29) is 36.2 Å². The minimum atomic E-state index is -0.635. The molecule has 2 aliphatic heterocycles. The number of rotatable bonds is 10. The summed E-state index contributed by atoms with van der Waals surface area (Å²) in [4.78, 5) is 2.77. The summed E-state index contributed by atoms with van der Waals surface area (Å²) in [6.45, 7) is 7.19. The highest BCUT2D eigenvalue weighted by Crippen LogP contribution is 2.67. The number of aryl methyl sites for hydroxylation is 2. The van der Waals surface area contributed by atoms with Gasteiger partial charge in [-0.3, -0.25) is 4.90 Å². The lowest BCUT2D eigenvalue weighted by molar-refractivity contribution is -0.177. The quantitative estimate of drug-likeness (QED) is 0.204. The second-order valence-corrected chi connectivity index (χ2v) is 19.0. The van der Waals surface area contributed by atoms with E-state index < -0.39 is 5.60 Å². The second-order valence-electron chi connectivity index (χ2n) is 19.0. The van der Waals surface area contributed by atoms with E-state index in [0.717, 1.165) is 77.3 Å². The molecule has 6 aliphatic rings. The summed E-state index contributed by atoms with van der Waals surface area (Å²) >= 11 is 0. The van der Waals surface area contributed by atoms with Crippen molar-refractivity contribution in [1.29, 1.82) is 0 Å². The van der Waals surface area contributed by atoms with Crippen molar-refractivity contribution < 1.29 is 20.4 Å². The van der Waals surface area contributed by atoms with Gasteiger partial charge in [0.25, 0.3) is 0 Å². The number of hydrogen-bond donors (Lipinski definition) is 4. The molecule has 0 spiro atoms. The van der Waals surface area contributed by atoms with Crippen LogP contribution in [0.25, 0.3) is 0 Å². The van der Waals surface area contributed by atoms with Gasteiger partial charge >= 0.3 is 0 Å². The Morgan fingerprint density at radius 1 is 0.725 bits per heavy atom. The maximum Gasteiger partial charge on any atom is 0.0805 e. The van der Waals surface area contributed by atoms with Gasteiger partial charge in [-0.1, -0.05) is 61.5 Å². The Bertz CT molecular complexity index is 1440. The largest absolute Gasteiger partial charge is 0.396 e. The molecular weight excluding hydrogens is 631 g/mol. The lowest BCUT2D eigenvalue weighted by Gasteiger charge is -2.60. The van der Waals surface area contributed by atoms with E-state index in [1.807, 2.05) is 0 Å². The summed E-state index contributed by atoms with van der Waals surface area (Å²) in [7, 11) is 0. The first kappa shape index (κ1) is 36.2. The van der Waals surface area contributed by atoms with Gasteiger partial charge in [-0.15, -0.1) is 0 Å². The van der Waals surface area contributed by atoms with Crippen LogP contribution in [0.1, 0.15) is 120 Å². The minimum Gasteiger partial charge on any atom is -0.396 e. The molecule has 4 N–H and O–H groups in total. The van der Waals surface area contributed by atoms with E-state index in [9.17, 15) is 20.4 Å². The first-order valence-corrected chi connectivity index (χ1v) is 21.2. The number of benzene rings is 2. The molecular formula is C46H67NO4. The number of hydrogen-bond acceptors (Lipinski definition) is 5. The molecule has 4 saturated carbocycles. The lowest BCUT2D eigenvalue weighted by Crippen LogP contribution is -2.67. The molecule has 14 atom stereocenters. The van der Waals surface area contributed by atoms with E-state index in [2.05, 4.69) is 73.3 Å². The Kier molecular flexibility index (Phi) is 10.5. The van der Waals surface area contributed by atoms with Crippen LogP contribution in [0.3, 0.4) is 0 Å². The molecule has 4 aliphatic carbocycles. The Labute approximate surface area is 308 Å². The van der Waals surface area contributed by atoms with E-state index in [1.54, 1.807) is 0 Å². The molecule has 5 heteroatoms. The van der Waals surface area contributed by atoms with Crippen LogP contribution >= 0.6 is 0 Å². The van der Waals surface area contributed by atoms with Crippen molar-refractivity contribution in [2.45, 2.75) is 140 Å². The molecule has 0 bridgehead atoms. The number of aliphatic hydroxyl groups is 4. The SMILES string of the molecule is CC1(O)C2CCC3C(CC4C3CC(O)C3CC(O)CCC34C)C2CN2CC(CCC(CCc3ccccc3)c3ccc(CCCO)cc3)CCC21. The van der Waals surface area contributed by atoms with Gasteiger partial charge < -0.3 is 20.4 Å². The van der Waals surface area contributed by atoms with Crippen LogP contribution in [-0.4, -0.2) is 68.9 Å². The average Bonchev–Trinajstić information content (AvgIpc) is 3.52. The molecule has 2 aromatic carbocycles. The number of fused-ring (bicyclic) bond motifs is 8. The van der Waals surface area contributed by atoms with Crippen molar-refractivity contribution in [2.75, 3.05) is 19.7 Å². The van der Waals surface area contributed by atoms with E-state index in [1.165, 1.54) is 48.8 Å². The molecule has 0 aromatic heterocycles. The third-order valence-electron chi connectivity index (χ3n) is 16.5. The first-order chi connectivity index (χ1) is 24.7. The number of nitrogens with zero attached hydrogens (tertiary/aromatic N) is 1. The molecule has 2 aromatic rings. The summed E-state index contributed by atoms with van der Waals surface area (Å²) in [6.07, 6.45) is 15.6. The Balaban J connectivity index is 0.954. The molecule has 14 unspecified atom stereocenters. The van der Waals surface area contributed by atoms with Gasteiger partial charge in [-0.2, -0.15) is 0 Å². The van der Waals surface area contributed by atoms with Crippen molar-refractivity contribution in [2.24, 2.45) is 52.8 Å². The summed E-state index contributed by atoms with van der Waals surface area (Å²) in [5, 5.41) is 43.8. The summed E-state index contributed by atoms with van der Waals surface area (Å²) in [5.74, 6) is 4.98. The van der Waals surface area contributed by atoms with Crippen molar-refractivity contribution in [3.8, 4) is 0 Å². The summed E-state index contributed by atoms with van der Waals surface area (Å²) in [6, 6.07) is 20.5. The standard InChI is InChI=1S/C46H67NO4/c1-45-23-22-35(49)25-42(45)43(50)27-38-36-19-20-40-39(37(36)26-41(38)45)29-47-28-32(14-21-44(47)46(40,2)51)13-18-34(15-10-30-7-4-3-5-8-30)33-16-11-31(12-17-33)9-6-24-48/h3-5,7-8,11-12,16-17,32,34-44,48-51H,6,9-10,13-15,18-29H2,1-2H3. The van der Waals surface area contributed by atoms with Crippen LogP contribution in [0.15, 0.2) is 54.6 Å². The molecule has 8 rings (SSSR count). The van der Waals surface area contributed by atoms with Crippen LogP contribution < -0.4 is 0 Å². The van der Waals surface area contributed by atoms with Crippen molar-refractivity contribution >= 4 is 0 Å². The van der Waals surface area contributed by atoms with E-state index >= 15 is 0 Å². The molecule has 51 heavy (non-hydrogen) atoms. The number of piperidine rings is 2. The van der Waals surface area contributed by atoms with Gasteiger partial charge in [0.15, 0.2) is 0 Å². The average molecular weight is 698 g/mol. The van der Waals surface area contributed by atoms with Gasteiger partial charge in [-0.05, 0) is 179 Å². The molecule has 280 valence electrons. The monoisotopic (exact) mass is 698 g/mol. The zero-order chi connectivity index (χ0) is 35.3. The van der Waals surface area contributed by atoms with Gasteiger partial charge in [0.2, 0.25) is 0 Å². The fraction of sp³-hybridized carbons (Fsp3) is 0.739. The minimum absolute atomic E-state index is 0.140. The van der Waals surface area contributed by atoms with Crippen molar-refractivity contribution in [3.05, 3.63) is 71.3 Å². The van der Waals surface area contributed by atoms with Crippen LogP contribution in [0.2, 0.25) is 0 Å². The van der Waals surface area contributed by atoms with Gasteiger partial charge in [0, 0.05) is 25.7 Å². The van der Waals surface area contributed by atoms with Crippen molar-refractivity contribution in [3.63, 3.8) is 0 Å². The van der Waals surface area contributed by atoms with Gasteiger partial charge in [0.05, 0.1) is 17.8 Å². The zero-order valence-electron chi connectivity index (χ0n) is 31.6. The molecule has 0 radical (unpaired) electrons. The zero-order valence-corrected chi connectivity index (χ0v) is 31.6. The Morgan fingerprint density at radius 3 is 2.29 bits per heavy atom. The predicted molar refractivity (Wildman–Crippen MR) is 204 cm³/mol. The van der Waals surface area contributed by atoms with Gasteiger partial charge in [0.1, 0.15) is 0 Å². The topological polar surface area (TPSA) is 84.2 Å². The second kappa shape index (κ2) is 14.8. The Hall–Kier alpha value is -1.76. The van der Waals surface area contributed by atoms with Crippen molar-refractivity contribution in [1.82, 2.24) is 4.90 Å². The third-order valence-corrected chi connectivity index (χ3v) is 16.5. The molecule has 6 fully saturated rings. The molecule has 5 nitrogen and oxygen atoms in total. The van der Waals surface area contributed by atoms with Crippen LogP contribution in [0, 0.1) is 52.8 Å². The van der Waals surface area contributed by atoms with E-state index in [0.29, 0.717) is 47.3 Å². The Morgan fingerprint density at radius 2 is 1.51 bits per heavy atom. The maximum absolute atomic E-state index is 12.4. The molecule has 2 saturated heterocycles. The maximum atomic E-state index is 12.4. The predicted octanol–water partition coefficient (Wildman–Crippen LogP) is 7.78. The normalized spacial score (nSPS) is 42.6. The molecule has 2 heterocycles. The van der Waals surface area contributed by atoms with Gasteiger partial charge in [-0.25, -0.2) is 0 Å². The third kappa shape index (κ3) is 6.90. The highest BCUT2D eigenvalue weighted by atomic mass is 16.3. The van der Waals surface area contributed by atoms with Crippen LogP contribution in [-0.2, 0) is 12.8 Å². The highest BCUT2D eigenvalue weighted by Gasteiger charge is 2.64. The van der Waals surface area contributed by atoms with Crippen LogP contribution in [0.4, 0.5) is 0 Å². The molecule has 0 amide bonds. The smallest absolute Gasteiger partial charge is 0.0805 e. The fourth-order valence-corrected chi connectivity index (χ4v) is 13.9. The van der Waals surface area contributed by atoms with E-state index in [4.69, 9.17) is 0 Å². The summed E-state index contributed by atoms with van der Waals surface area (Å²) < 4.78 is 0. The number of aliphatic hydroxyl groups excluding tert-OH is 3. The fourth-order valence-electron chi connectivity index (χ4n) is 13.9.